The number of H-pyrrole nitrogens is 1. The second-order valence-electron chi connectivity index (χ2n) is 20.7. The number of aliphatic carboxylic acids is 3. The van der Waals surface area contributed by atoms with Crippen molar-refractivity contribution >= 4 is 88.7 Å². The van der Waals surface area contributed by atoms with Gasteiger partial charge in [0.2, 0.25) is 29.6 Å². The first kappa shape index (κ1) is 69.3. The van der Waals surface area contributed by atoms with Crippen molar-refractivity contribution in [1.29, 1.82) is 0 Å². The zero-order valence-corrected chi connectivity index (χ0v) is 49.2. The molecule has 486 valence electrons. The number of aromatic nitrogens is 4. The topological polar surface area (TPSA) is 457 Å². The maximum atomic E-state index is 14.2. The Hall–Kier alpha value is -10.8. The summed E-state index contributed by atoms with van der Waals surface area (Å²) in [5.74, 6) is -11.5. The van der Waals surface area contributed by atoms with E-state index in [2.05, 4.69) is 46.9 Å². The molecule has 7 atom stereocenters. The number of ether oxygens (including phenoxy) is 6. The number of amides is 6. The molecule has 0 radical (unpaired) electrons. The third-order valence-corrected chi connectivity index (χ3v) is 13.5. The van der Waals surface area contributed by atoms with Crippen molar-refractivity contribution in [1.82, 2.24) is 46.1 Å². The van der Waals surface area contributed by atoms with Crippen LogP contribution in [0.1, 0.15) is 94.6 Å². The van der Waals surface area contributed by atoms with Crippen LogP contribution >= 0.6 is 0 Å². The Balaban J connectivity index is 1.16. The van der Waals surface area contributed by atoms with Crippen LogP contribution in [-0.2, 0) is 96.2 Å². The third-order valence-electron chi connectivity index (χ3n) is 13.5. The average molecular weight is 1270 g/mol. The van der Waals surface area contributed by atoms with E-state index in [9.17, 15) is 72.5 Å². The van der Waals surface area contributed by atoms with E-state index in [-0.39, 0.29) is 56.2 Å². The number of alkyl carbamates (subject to hydrolysis) is 2. The van der Waals surface area contributed by atoms with E-state index < -0.39 is 177 Å². The number of hydrogen-bond donors (Lipinski definition) is 10. The molecule has 0 aliphatic carbocycles. The predicted octanol–water partition coefficient (Wildman–Crippen LogP) is 2.25. The molecule has 0 bridgehead atoms. The molecule has 1 fully saturated rings. The van der Waals surface area contributed by atoms with Crippen molar-refractivity contribution in [3.63, 3.8) is 0 Å². The Bertz CT molecular complexity index is 3440. The predicted molar refractivity (Wildman–Crippen MR) is 311 cm³/mol. The van der Waals surface area contributed by atoms with E-state index in [0.717, 1.165) is 6.33 Å². The minimum absolute atomic E-state index is 0.0770. The lowest BCUT2D eigenvalue weighted by Gasteiger charge is -2.23. The number of rotatable bonds is 34. The fourth-order valence-corrected chi connectivity index (χ4v) is 8.62. The molecule has 0 spiro atoms. The number of benzene rings is 3. The van der Waals surface area contributed by atoms with Crippen LogP contribution in [0.3, 0.4) is 0 Å². The van der Waals surface area contributed by atoms with Crippen LogP contribution in [-0.4, -0.2) is 156 Å². The quantitative estimate of drug-likeness (QED) is 0.0208. The van der Waals surface area contributed by atoms with Gasteiger partial charge in [0.1, 0.15) is 75.6 Å². The largest absolute Gasteiger partial charge is 0.481 e. The number of carboxylic acid groups (broad SMARTS) is 3. The lowest BCUT2D eigenvalue weighted by atomic mass is 10.1. The fraction of sp³-hybridized carbons (Fsp3) is 0.407. The van der Waals surface area contributed by atoms with Gasteiger partial charge in [-0.15, -0.1) is 0 Å². The molecule has 5 aromatic rings. The van der Waals surface area contributed by atoms with Gasteiger partial charge in [0.25, 0.3) is 5.56 Å². The van der Waals surface area contributed by atoms with Gasteiger partial charge in [-0.3, -0.25) is 58.0 Å². The van der Waals surface area contributed by atoms with Crippen LogP contribution in [0.15, 0.2) is 102 Å². The van der Waals surface area contributed by atoms with Gasteiger partial charge in [-0.1, -0.05) is 105 Å². The zero-order chi connectivity index (χ0) is 66.0. The van der Waals surface area contributed by atoms with Crippen LogP contribution in [0.25, 0.3) is 11.2 Å². The number of nitrogens with zero attached hydrogens (tertiary/aromatic N) is 3. The Labute approximate surface area is 517 Å². The number of carboxylic acids is 3. The molecule has 1 aliphatic heterocycles. The minimum atomic E-state index is -1.78. The van der Waals surface area contributed by atoms with Crippen molar-refractivity contribution in [3.8, 4) is 0 Å². The Morgan fingerprint density at radius 2 is 1.12 bits per heavy atom. The normalized spacial score (nSPS) is 15.5. The van der Waals surface area contributed by atoms with E-state index in [1.807, 2.05) is 0 Å². The summed E-state index contributed by atoms with van der Waals surface area (Å²) in [5.41, 5.74) is 0.797. The second kappa shape index (κ2) is 34.7. The molecule has 2 aromatic heterocycles. The van der Waals surface area contributed by atoms with Crippen molar-refractivity contribution in [2.45, 2.75) is 134 Å². The molecule has 3 aromatic carbocycles. The SMILES string of the molecule is CC(C)C(=O)Nc1nc2c(ncn2[C@H]2C[C@H](OC(=O)NC(CCC(=O)O)C(=O)NC(CCC(=O)O)C(=O)O)[C@@H](COC(=O)NCC(=O)NC(CCC(=O)OCc3ccccc3)C(=O)NC(CCC(=O)OCc3ccccc3)C(=O)OCc3ccccc3)O2)c(=O)[nH]1. The molecule has 10 N–H and O–H groups in total. The van der Waals surface area contributed by atoms with Crippen molar-refractivity contribution < 1.29 is 101 Å². The molecule has 3 heterocycles. The highest BCUT2D eigenvalue weighted by atomic mass is 16.6. The number of fused-ring (bicyclic) bond motifs is 1. The van der Waals surface area contributed by atoms with Crippen molar-refractivity contribution in [2.24, 2.45) is 5.92 Å². The molecule has 91 heavy (non-hydrogen) atoms. The van der Waals surface area contributed by atoms with Gasteiger partial charge in [0, 0.05) is 38.0 Å². The summed E-state index contributed by atoms with van der Waals surface area (Å²) in [6, 6.07) is 19.3. The van der Waals surface area contributed by atoms with Gasteiger partial charge in [0.15, 0.2) is 11.2 Å². The van der Waals surface area contributed by atoms with Gasteiger partial charge in [-0.05, 0) is 42.4 Å². The fourth-order valence-electron chi connectivity index (χ4n) is 8.62. The molecule has 32 heteroatoms. The lowest BCUT2D eigenvalue weighted by molar-refractivity contribution is -0.151. The molecule has 6 amide bonds. The summed E-state index contributed by atoms with van der Waals surface area (Å²) in [7, 11) is 0. The van der Waals surface area contributed by atoms with Gasteiger partial charge >= 0.3 is 48.0 Å². The third kappa shape index (κ3) is 23.0. The molecule has 0 saturated carbocycles. The summed E-state index contributed by atoms with van der Waals surface area (Å²) in [6.07, 6.45) is -10.3. The number of imidazole rings is 1. The maximum absolute atomic E-state index is 14.2. The molecule has 1 aliphatic rings. The molecule has 32 nitrogen and oxygen atoms in total. The van der Waals surface area contributed by atoms with Crippen molar-refractivity contribution in [3.05, 3.63) is 124 Å². The molecule has 1 saturated heterocycles. The van der Waals surface area contributed by atoms with E-state index in [4.69, 9.17) is 33.5 Å². The summed E-state index contributed by atoms with van der Waals surface area (Å²) in [4.78, 5) is 179. The van der Waals surface area contributed by atoms with Crippen LogP contribution in [0, 0.1) is 5.92 Å². The first-order chi connectivity index (χ1) is 43.5. The highest BCUT2D eigenvalue weighted by Crippen LogP contribution is 2.33. The standard InChI is InChI=1S/C59H68N10O22/c1-33(2)51(77)67-57-66-50-49(54(80)68-57)61-32-69(50)44-26-41(91-59(85)65-38(18-22-45(71)72)53(79)63-39(55(81)82)19-23-46(73)74)42(90-44)31-89-58(84)60-27-43(70)62-37(20-24-47(75)86-28-34-12-6-3-7-13-34)52(78)64-40(56(83)88-30-36-16-10-5-11-17-36)21-25-48(76)87-29-35-14-8-4-9-15-35/h3-17,32-33,37-42,44H,18-31H2,1-2H3,(H,60,84)(H,62,70)(H,63,79)(H,64,78)(H,65,85)(H,71,72)(H,73,74)(H,81,82)(H2,66,67,68,77,80)/t37?,38?,39?,40?,41-,42+,44+/m0/s1. The zero-order valence-electron chi connectivity index (χ0n) is 49.2. The number of aromatic amines is 1. The lowest BCUT2D eigenvalue weighted by Crippen LogP contribution is -2.53. The van der Waals surface area contributed by atoms with Crippen molar-refractivity contribution in [2.75, 3.05) is 18.5 Å². The summed E-state index contributed by atoms with van der Waals surface area (Å²) >= 11 is 0. The van der Waals surface area contributed by atoms with Gasteiger partial charge in [-0.2, -0.15) is 4.98 Å². The van der Waals surface area contributed by atoms with Crippen LogP contribution < -0.4 is 37.5 Å². The van der Waals surface area contributed by atoms with Crippen LogP contribution in [0.2, 0.25) is 0 Å². The molecular formula is C59H68N10O22. The van der Waals surface area contributed by atoms with E-state index >= 15 is 0 Å². The average Bonchev–Trinajstić information content (AvgIpc) is 1.68. The van der Waals surface area contributed by atoms with Gasteiger partial charge in [0.05, 0.1) is 6.33 Å². The summed E-state index contributed by atoms with van der Waals surface area (Å²) in [6.45, 7) is 1.07. The van der Waals surface area contributed by atoms with E-state index in [0.29, 0.717) is 16.7 Å². The van der Waals surface area contributed by atoms with E-state index in [1.54, 1.807) is 105 Å². The van der Waals surface area contributed by atoms with E-state index in [1.165, 1.54) is 4.57 Å². The highest BCUT2D eigenvalue weighted by molar-refractivity contribution is 5.93. The summed E-state index contributed by atoms with van der Waals surface area (Å²) < 4.78 is 34.7. The Morgan fingerprint density at radius 1 is 0.615 bits per heavy atom. The first-order valence-corrected chi connectivity index (χ1v) is 28.5. The smallest absolute Gasteiger partial charge is 0.408 e. The number of carbonyl (C=O) groups is 12. The Kier molecular flexibility index (Phi) is 26.4. The van der Waals surface area contributed by atoms with Crippen LogP contribution in [0.5, 0.6) is 0 Å². The first-order valence-electron chi connectivity index (χ1n) is 28.5. The molecular weight excluding hydrogens is 1200 g/mol. The number of nitrogens with one attached hydrogen (secondary N) is 7. The Morgan fingerprint density at radius 3 is 1.66 bits per heavy atom. The van der Waals surface area contributed by atoms with Crippen LogP contribution in [0.4, 0.5) is 15.5 Å². The molecule has 4 unspecified atom stereocenters. The number of hydrogen-bond acceptors (Lipinski definition) is 21. The maximum Gasteiger partial charge on any atom is 0.408 e. The number of esters is 3. The molecule has 6 rings (SSSR count). The minimum Gasteiger partial charge on any atom is -0.481 e. The number of anilines is 1. The van der Waals surface area contributed by atoms with Gasteiger partial charge < -0.3 is 70.3 Å². The highest BCUT2D eigenvalue weighted by Gasteiger charge is 2.42. The summed E-state index contributed by atoms with van der Waals surface area (Å²) in [5, 5.41) is 42.0. The van der Waals surface area contributed by atoms with Gasteiger partial charge in [-0.25, -0.2) is 24.2 Å². The second-order valence-corrected chi connectivity index (χ2v) is 20.7. The monoisotopic (exact) mass is 1270 g/mol. The number of carbonyl (C=O) groups excluding carboxylic acids is 9.